The van der Waals surface area contributed by atoms with Gasteiger partial charge in [-0.25, -0.2) is 0 Å². The van der Waals surface area contributed by atoms with Crippen molar-refractivity contribution in [3.8, 4) is 0 Å². The Labute approximate surface area is 96.5 Å². The third-order valence-corrected chi connectivity index (χ3v) is 3.32. The smallest absolute Gasteiger partial charge is 0.239 e. The molecule has 88 valence electrons. The summed E-state index contributed by atoms with van der Waals surface area (Å²) in [7, 11) is 0. The Hall–Kier alpha value is -0.320. The standard InChI is InChI=1S/C10H18N2O2.ClH/c1-8(11)9(13)12-4-2-10(6-12)3-5-14-7-10;/h8H,2-7,11H2,1H3;1H/t8-,10?;/m0./s1. The maximum atomic E-state index is 11.6. The number of ether oxygens (including phenoxy) is 1. The maximum absolute atomic E-state index is 11.6. The van der Waals surface area contributed by atoms with E-state index in [1.807, 2.05) is 4.90 Å². The van der Waals surface area contributed by atoms with E-state index in [9.17, 15) is 4.79 Å². The SMILES string of the molecule is C[C@H](N)C(=O)N1CCC2(CCOC2)C1.Cl. The molecule has 2 heterocycles. The molecule has 0 radical (unpaired) electrons. The van der Waals surface area contributed by atoms with Crippen molar-refractivity contribution in [2.24, 2.45) is 11.1 Å². The molecule has 1 amide bonds. The maximum Gasteiger partial charge on any atom is 0.239 e. The molecule has 1 unspecified atom stereocenters. The summed E-state index contributed by atoms with van der Waals surface area (Å²) in [5, 5.41) is 0. The zero-order valence-corrected chi connectivity index (χ0v) is 9.89. The van der Waals surface area contributed by atoms with Gasteiger partial charge in [-0.05, 0) is 19.8 Å². The summed E-state index contributed by atoms with van der Waals surface area (Å²) in [6.07, 6.45) is 2.17. The van der Waals surface area contributed by atoms with Crippen molar-refractivity contribution < 1.29 is 9.53 Å². The van der Waals surface area contributed by atoms with Crippen LogP contribution in [0.25, 0.3) is 0 Å². The number of hydrogen-bond donors (Lipinski definition) is 1. The first-order chi connectivity index (χ1) is 6.63. The Balaban J connectivity index is 0.00000112. The zero-order valence-electron chi connectivity index (χ0n) is 9.07. The molecule has 2 aliphatic rings. The minimum atomic E-state index is -0.368. The zero-order chi connectivity index (χ0) is 10.2. The van der Waals surface area contributed by atoms with E-state index in [1.165, 1.54) is 0 Å². The second-order valence-electron chi connectivity index (χ2n) is 4.60. The first-order valence-electron chi connectivity index (χ1n) is 5.25. The van der Waals surface area contributed by atoms with Gasteiger partial charge in [0.05, 0.1) is 12.6 Å². The normalized spacial score (nSPS) is 31.7. The fourth-order valence-electron chi connectivity index (χ4n) is 2.38. The van der Waals surface area contributed by atoms with Crippen LogP contribution in [-0.4, -0.2) is 43.2 Å². The molecule has 1 spiro atoms. The van der Waals surface area contributed by atoms with Gasteiger partial charge in [-0.3, -0.25) is 4.79 Å². The van der Waals surface area contributed by atoms with E-state index in [0.717, 1.165) is 39.1 Å². The van der Waals surface area contributed by atoms with Gasteiger partial charge in [0.15, 0.2) is 0 Å². The lowest BCUT2D eigenvalue weighted by Gasteiger charge is -2.23. The molecule has 5 heteroatoms. The highest BCUT2D eigenvalue weighted by atomic mass is 35.5. The Kier molecular flexibility index (Phi) is 3.98. The average Bonchev–Trinajstić information content (AvgIpc) is 2.76. The first kappa shape index (κ1) is 12.7. The average molecular weight is 235 g/mol. The highest BCUT2D eigenvalue weighted by Gasteiger charge is 2.42. The fourth-order valence-corrected chi connectivity index (χ4v) is 2.38. The molecular weight excluding hydrogens is 216 g/mol. The highest BCUT2D eigenvalue weighted by Crippen LogP contribution is 2.38. The highest BCUT2D eigenvalue weighted by molar-refractivity contribution is 5.85. The van der Waals surface area contributed by atoms with Crippen LogP contribution in [0.2, 0.25) is 0 Å². The molecule has 0 aromatic rings. The van der Waals surface area contributed by atoms with Gasteiger partial charge in [-0.2, -0.15) is 0 Å². The van der Waals surface area contributed by atoms with Crippen LogP contribution in [0.4, 0.5) is 0 Å². The molecular formula is C10H19ClN2O2. The lowest BCUT2D eigenvalue weighted by Crippen LogP contribution is -2.41. The monoisotopic (exact) mass is 234 g/mol. The van der Waals surface area contributed by atoms with Crippen molar-refractivity contribution in [2.75, 3.05) is 26.3 Å². The van der Waals surface area contributed by atoms with Crippen LogP contribution < -0.4 is 5.73 Å². The summed E-state index contributed by atoms with van der Waals surface area (Å²) in [6.45, 7) is 5.10. The topological polar surface area (TPSA) is 55.6 Å². The van der Waals surface area contributed by atoms with E-state index in [-0.39, 0.29) is 29.8 Å². The van der Waals surface area contributed by atoms with Crippen molar-refractivity contribution in [1.29, 1.82) is 0 Å². The van der Waals surface area contributed by atoms with Crippen LogP contribution in [0, 0.1) is 5.41 Å². The van der Waals surface area contributed by atoms with E-state index in [1.54, 1.807) is 6.92 Å². The van der Waals surface area contributed by atoms with Gasteiger partial charge >= 0.3 is 0 Å². The van der Waals surface area contributed by atoms with Crippen molar-refractivity contribution in [2.45, 2.75) is 25.8 Å². The molecule has 15 heavy (non-hydrogen) atoms. The van der Waals surface area contributed by atoms with Gasteiger partial charge in [0.2, 0.25) is 5.91 Å². The lowest BCUT2D eigenvalue weighted by atomic mass is 9.87. The Morgan fingerprint density at radius 3 is 2.80 bits per heavy atom. The van der Waals surface area contributed by atoms with Crippen molar-refractivity contribution in [3.63, 3.8) is 0 Å². The van der Waals surface area contributed by atoms with Gasteiger partial charge in [0, 0.05) is 25.1 Å². The van der Waals surface area contributed by atoms with Crippen LogP contribution in [0.5, 0.6) is 0 Å². The van der Waals surface area contributed by atoms with Crippen molar-refractivity contribution in [1.82, 2.24) is 4.90 Å². The van der Waals surface area contributed by atoms with Gasteiger partial charge < -0.3 is 15.4 Å². The molecule has 0 aliphatic carbocycles. The summed E-state index contributed by atoms with van der Waals surface area (Å²) >= 11 is 0. The molecule has 0 aromatic carbocycles. The van der Waals surface area contributed by atoms with Gasteiger partial charge in [-0.1, -0.05) is 0 Å². The third kappa shape index (κ3) is 2.44. The van der Waals surface area contributed by atoms with Crippen LogP contribution in [0.15, 0.2) is 0 Å². The minimum absolute atomic E-state index is 0. The van der Waals surface area contributed by atoms with Crippen molar-refractivity contribution in [3.05, 3.63) is 0 Å². The predicted octanol–water partition coefficient (Wildman–Crippen LogP) is 0.394. The van der Waals surface area contributed by atoms with Crippen molar-refractivity contribution >= 4 is 18.3 Å². The number of hydrogen-bond acceptors (Lipinski definition) is 3. The van der Waals surface area contributed by atoms with E-state index < -0.39 is 0 Å². The second-order valence-corrected chi connectivity index (χ2v) is 4.60. The number of carbonyl (C=O) groups excluding carboxylic acids is 1. The number of nitrogens with two attached hydrogens (primary N) is 1. The van der Waals surface area contributed by atoms with Gasteiger partial charge in [0.25, 0.3) is 0 Å². The fraction of sp³-hybridized carbons (Fsp3) is 0.900. The summed E-state index contributed by atoms with van der Waals surface area (Å²) < 4.78 is 5.40. The molecule has 2 N–H and O–H groups in total. The molecule has 2 aliphatic heterocycles. The number of nitrogens with zero attached hydrogens (tertiary/aromatic N) is 1. The number of likely N-dealkylation sites (tertiary alicyclic amines) is 1. The Bertz CT molecular complexity index is 240. The molecule has 2 fully saturated rings. The largest absolute Gasteiger partial charge is 0.381 e. The number of halogens is 1. The summed E-state index contributed by atoms with van der Waals surface area (Å²) in [5.41, 5.74) is 5.83. The lowest BCUT2D eigenvalue weighted by molar-refractivity contribution is -0.131. The molecule has 0 saturated carbocycles. The Morgan fingerprint density at radius 1 is 1.53 bits per heavy atom. The summed E-state index contributed by atoms with van der Waals surface area (Å²) in [5.74, 6) is 0.0776. The quantitative estimate of drug-likeness (QED) is 0.715. The molecule has 2 atom stereocenters. The molecule has 2 rings (SSSR count). The molecule has 2 saturated heterocycles. The van der Waals surface area contributed by atoms with Crippen LogP contribution in [0.3, 0.4) is 0 Å². The minimum Gasteiger partial charge on any atom is -0.381 e. The van der Waals surface area contributed by atoms with E-state index in [0.29, 0.717) is 0 Å². The molecule has 4 nitrogen and oxygen atoms in total. The van der Waals surface area contributed by atoms with Gasteiger partial charge in [-0.15, -0.1) is 12.4 Å². The number of amides is 1. The van der Waals surface area contributed by atoms with Gasteiger partial charge in [0.1, 0.15) is 0 Å². The first-order valence-corrected chi connectivity index (χ1v) is 5.25. The predicted molar refractivity (Wildman–Crippen MR) is 60.0 cm³/mol. The van der Waals surface area contributed by atoms with Crippen LogP contribution in [-0.2, 0) is 9.53 Å². The molecule has 0 aromatic heterocycles. The summed E-state index contributed by atoms with van der Waals surface area (Å²) in [6, 6.07) is -0.368. The van der Waals surface area contributed by atoms with Crippen LogP contribution in [0.1, 0.15) is 19.8 Å². The summed E-state index contributed by atoms with van der Waals surface area (Å²) in [4.78, 5) is 13.5. The van der Waals surface area contributed by atoms with E-state index in [2.05, 4.69) is 0 Å². The molecule has 0 bridgehead atoms. The number of carbonyl (C=O) groups is 1. The third-order valence-electron chi connectivity index (χ3n) is 3.32. The van der Waals surface area contributed by atoms with Crippen LogP contribution >= 0.6 is 12.4 Å². The second kappa shape index (κ2) is 4.68. The van der Waals surface area contributed by atoms with E-state index >= 15 is 0 Å². The van der Waals surface area contributed by atoms with E-state index in [4.69, 9.17) is 10.5 Å². The Morgan fingerprint density at radius 2 is 2.27 bits per heavy atom. The number of rotatable bonds is 1.